The Morgan fingerprint density at radius 1 is 1.07 bits per heavy atom. The van der Waals surface area contributed by atoms with Crippen molar-refractivity contribution in [1.82, 2.24) is 4.90 Å². The zero-order chi connectivity index (χ0) is 20.6. The van der Waals surface area contributed by atoms with Gasteiger partial charge in [0.1, 0.15) is 10.4 Å². The molecule has 0 aliphatic carbocycles. The number of cyclic esters (lactones) is 2. The molecule has 4 atom stereocenters. The molecule has 2 aromatic rings. The number of benzene rings is 2. The molecule has 0 radical (unpaired) electrons. The Balaban J connectivity index is 1.93. The fourth-order valence-corrected chi connectivity index (χ4v) is 7.23. The van der Waals surface area contributed by atoms with E-state index in [0.717, 1.165) is 16.0 Å². The second-order valence-electron chi connectivity index (χ2n) is 7.74. The van der Waals surface area contributed by atoms with Gasteiger partial charge in [-0.3, -0.25) is 14.5 Å². The lowest BCUT2D eigenvalue weighted by Gasteiger charge is -2.40. The van der Waals surface area contributed by atoms with Gasteiger partial charge in [-0.15, -0.1) is 0 Å². The van der Waals surface area contributed by atoms with E-state index in [-0.39, 0.29) is 0 Å². The fourth-order valence-electron chi connectivity index (χ4n) is 5.45. The number of nitrogens with zero attached hydrogens (tertiary/aromatic N) is 1. The summed E-state index contributed by atoms with van der Waals surface area (Å²) in [4.78, 5) is 41.6. The molecule has 2 aromatic carbocycles. The van der Waals surface area contributed by atoms with E-state index in [1.54, 1.807) is 25.7 Å². The number of esters is 3. The van der Waals surface area contributed by atoms with Crippen LogP contribution in [0, 0.1) is 5.41 Å². The van der Waals surface area contributed by atoms with Crippen LogP contribution in [0.15, 0.2) is 59.5 Å². The number of methoxy groups -OCH3 is 1. The highest BCUT2D eigenvalue weighted by molar-refractivity contribution is 8.00. The van der Waals surface area contributed by atoms with Crippen molar-refractivity contribution in [1.29, 1.82) is 0 Å². The third-order valence-corrected chi connectivity index (χ3v) is 8.50. The lowest BCUT2D eigenvalue weighted by molar-refractivity contribution is -0.165. The maximum absolute atomic E-state index is 13.3. The quantitative estimate of drug-likeness (QED) is 0.558. The number of rotatable bonds is 2. The van der Waals surface area contributed by atoms with Crippen molar-refractivity contribution >= 4 is 29.7 Å². The Bertz CT molecular complexity index is 1070. The largest absolute Gasteiger partial charge is 0.468 e. The topological polar surface area (TPSA) is 72.9 Å². The maximum Gasteiger partial charge on any atom is 0.335 e. The van der Waals surface area contributed by atoms with Crippen LogP contribution in [0.4, 0.5) is 0 Å². The van der Waals surface area contributed by atoms with E-state index in [0.29, 0.717) is 0 Å². The highest BCUT2D eigenvalue weighted by atomic mass is 32.2. The van der Waals surface area contributed by atoms with Crippen LogP contribution >= 0.6 is 11.8 Å². The van der Waals surface area contributed by atoms with Crippen LogP contribution in [-0.4, -0.2) is 42.5 Å². The van der Waals surface area contributed by atoms with Crippen molar-refractivity contribution in [2.45, 2.75) is 28.1 Å². The third-order valence-electron chi connectivity index (χ3n) is 6.86. The van der Waals surface area contributed by atoms with E-state index >= 15 is 0 Å². The number of likely N-dealkylation sites (tertiary alicyclic amines) is 1. The van der Waals surface area contributed by atoms with Gasteiger partial charge in [0, 0.05) is 10.8 Å². The molecule has 5 rings (SSSR count). The second kappa shape index (κ2) is 5.70. The minimum atomic E-state index is -1.80. The average molecular weight is 409 g/mol. The Morgan fingerprint density at radius 3 is 2.41 bits per heavy atom. The van der Waals surface area contributed by atoms with Crippen LogP contribution in [0.3, 0.4) is 0 Å². The normalized spacial score (nSPS) is 35.1. The summed E-state index contributed by atoms with van der Waals surface area (Å²) in [6, 6.07) is 17.4. The lowest BCUT2D eigenvalue weighted by atomic mass is 9.63. The minimum Gasteiger partial charge on any atom is -0.468 e. The number of carbonyl (C=O) groups excluding carboxylic acids is 3. The summed E-state index contributed by atoms with van der Waals surface area (Å²) in [5.74, 6) is -2.97. The summed E-state index contributed by atoms with van der Waals surface area (Å²) in [7, 11) is 3.02. The van der Waals surface area contributed by atoms with Crippen LogP contribution < -0.4 is 0 Å². The van der Waals surface area contributed by atoms with Crippen molar-refractivity contribution in [3.05, 3.63) is 65.7 Å². The molecule has 0 spiro atoms. The predicted molar refractivity (Wildman–Crippen MR) is 105 cm³/mol. The van der Waals surface area contributed by atoms with E-state index < -0.39 is 39.7 Å². The maximum atomic E-state index is 13.3. The monoisotopic (exact) mass is 409 g/mol. The molecule has 148 valence electrons. The van der Waals surface area contributed by atoms with Crippen LogP contribution in [0.1, 0.15) is 24.0 Å². The van der Waals surface area contributed by atoms with E-state index in [2.05, 4.69) is 0 Å². The van der Waals surface area contributed by atoms with Gasteiger partial charge in [0.05, 0.1) is 7.11 Å². The van der Waals surface area contributed by atoms with Crippen molar-refractivity contribution in [2.75, 3.05) is 14.2 Å². The number of hydrogen-bond acceptors (Lipinski definition) is 7. The zero-order valence-corrected chi connectivity index (χ0v) is 17.0. The highest BCUT2D eigenvalue weighted by Gasteiger charge is 2.87. The van der Waals surface area contributed by atoms with Gasteiger partial charge in [-0.25, -0.2) is 4.79 Å². The smallest absolute Gasteiger partial charge is 0.335 e. The Hall–Kier alpha value is -2.64. The highest BCUT2D eigenvalue weighted by Crippen LogP contribution is 2.76. The van der Waals surface area contributed by atoms with Gasteiger partial charge in [-0.2, -0.15) is 0 Å². The summed E-state index contributed by atoms with van der Waals surface area (Å²) in [6.45, 7) is 1.61. The van der Waals surface area contributed by atoms with E-state index in [9.17, 15) is 14.4 Å². The molecule has 2 fully saturated rings. The molecule has 2 saturated heterocycles. The first kappa shape index (κ1) is 18.4. The van der Waals surface area contributed by atoms with Crippen LogP contribution in [0.2, 0.25) is 0 Å². The molecule has 29 heavy (non-hydrogen) atoms. The summed E-state index contributed by atoms with van der Waals surface area (Å²) in [6.07, 6.45) is 0. The molecule has 0 bridgehead atoms. The van der Waals surface area contributed by atoms with Gasteiger partial charge in [0.15, 0.2) is 0 Å². The first-order valence-corrected chi connectivity index (χ1v) is 10.1. The van der Waals surface area contributed by atoms with Crippen molar-refractivity contribution in [3.63, 3.8) is 0 Å². The molecule has 0 unspecified atom stereocenters. The molecule has 3 aliphatic heterocycles. The van der Waals surface area contributed by atoms with Crippen LogP contribution in [0.5, 0.6) is 0 Å². The van der Waals surface area contributed by atoms with E-state index in [1.807, 2.05) is 59.5 Å². The van der Waals surface area contributed by atoms with Gasteiger partial charge in [-0.1, -0.05) is 60.3 Å². The van der Waals surface area contributed by atoms with E-state index in [1.165, 1.54) is 7.11 Å². The fraction of sp³-hybridized carbons (Fsp3) is 0.318. The Morgan fingerprint density at radius 2 is 1.72 bits per heavy atom. The third kappa shape index (κ3) is 1.77. The lowest BCUT2D eigenvalue weighted by Crippen LogP contribution is -2.58. The molecule has 0 N–H and O–H groups in total. The average Bonchev–Trinajstić information content (AvgIpc) is 3.25. The Labute approximate surface area is 172 Å². The molecule has 3 aliphatic rings. The van der Waals surface area contributed by atoms with Gasteiger partial charge < -0.3 is 9.47 Å². The van der Waals surface area contributed by atoms with Gasteiger partial charge in [0.25, 0.3) is 0 Å². The number of likely N-dealkylation sites (N-methyl/N-ethyl adjacent to an activating group) is 1. The number of thioether (sulfide) groups is 1. The number of ether oxygens (including phenoxy) is 2. The second-order valence-corrected chi connectivity index (χ2v) is 9.01. The molecule has 0 saturated carbocycles. The molecular weight excluding hydrogens is 390 g/mol. The van der Waals surface area contributed by atoms with Gasteiger partial charge >= 0.3 is 17.9 Å². The molecule has 6 nitrogen and oxygen atoms in total. The molecular formula is C22H19NO5S. The standard InChI is InChI=1S/C22H19NO5S/c1-20-17(24)28-19(26)21(20,18(25)27-3)16-14-11-7-8-12-15(14)29-22(16,23(20)2)13-9-5-4-6-10-13/h4-12,16H,1-3H3/t16-,20+,21+,22-/m0/s1. The molecule has 0 aromatic heterocycles. The zero-order valence-electron chi connectivity index (χ0n) is 16.2. The first-order chi connectivity index (χ1) is 13.9. The predicted octanol–water partition coefficient (Wildman–Crippen LogP) is 2.68. The van der Waals surface area contributed by atoms with Gasteiger partial charge in [-0.05, 0) is 31.2 Å². The number of fused-ring (bicyclic) bond motifs is 5. The van der Waals surface area contributed by atoms with Crippen molar-refractivity contribution < 1.29 is 23.9 Å². The van der Waals surface area contributed by atoms with Crippen LogP contribution in [0.25, 0.3) is 0 Å². The van der Waals surface area contributed by atoms with Crippen molar-refractivity contribution in [3.8, 4) is 0 Å². The van der Waals surface area contributed by atoms with Crippen molar-refractivity contribution in [2.24, 2.45) is 5.41 Å². The molecule has 3 heterocycles. The minimum absolute atomic E-state index is 0.653. The molecule has 0 amide bonds. The van der Waals surface area contributed by atoms with Crippen LogP contribution in [-0.2, 0) is 28.7 Å². The summed E-state index contributed by atoms with van der Waals surface area (Å²) in [5, 5.41) is 0. The SMILES string of the molecule is COC(=O)[C@]12C(=O)OC(=O)[C@@]1(C)N(C)[C@@]1(c3ccccc3)Sc3ccccc3[C@@H]21. The summed E-state index contributed by atoms with van der Waals surface area (Å²) in [5.41, 5.74) is -1.55. The Kier molecular flexibility index (Phi) is 3.62. The first-order valence-electron chi connectivity index (χ1n) is 9.29. The summed E-state index contributed by atoms with van der Waals surface area (Å²) < 4.78 is 10.2. The number of hydrogen-bond donors (Lipinski definition) is 0. The number of carbonyl (C=O) groups is 3. The van der Waals surface area contributed by atoms with Gasteiger partial charge in [0.2, 0.25) is 5.41 Å². The van der Waals surface area contributed by atoms with E-state index in [4.69, 9.17) is 9.47 Å². The molecule has 7 heteroatoms. The summed E-state index contributed by atoms with van der Waals surface area (Å²) >= 11 is 1.56.